The van der Waals surface area contributed by atoms with Gasteiger partial charge in [-0.1, -0.05) is 62.6 Å². The largest absolute Gasteiger partial charge is 0.0836 e. The summed E-state index contributed by atoms with van der Waals surface area (Å²) in [6.45, 7) is 5.94. The minimum atomic E-state index is 1.22. The van der Waals surface area contributed by atoms with Crippen molar-refractivity contribution in [3.8, 4) is 0 Å². The summed E-state index contributed by atoms with van der Waals surface area (Å²) in [6.07, 6.45) is 10.4. The van der Waals surface area contributed by atoms with Crippen molar-refractivity contribution in [3.63, 3.8) is 0 Å². The highest BCUT2D eigenvalue weighted by Gasteiger charge is 1.93. The summed E-state index contributed by atoms with van der Waals surface area (Å²) < 4.78 is 0. The molecule has 0 fully saturated rings. The van der Waals surface area contributed by atoms with E-state index >= 15 is 0 Å². The lowest BCUT2D eigenvalue weighted by atomic mass is 10.0. The molecule has 1 aromatic rings. The van der Waals surface area contributed by atoms with E-state index in [1.165, 1.54) is 43.2 Å². The van der Waals surface area contributed by atoms with Gasteiger partial charge in [0, 0.05) is 0 Å². The number of hydrogen-bond acceptors (Lipinski definition) is 0. The van der Waals surface area contributed by atoms with Gasteiger partial charge in [-0.25, -0.2) is 0 Å². The van der Waals surface area contributed by atoms with Crippen LogP contribution in [0.25, 0.3) is 6.08 Å². The zero-order chi connectivity index (χ0) is 10.9. The molecule has 0 aromatic heterocycles. The monoisotopic (exact) mass is 201 g/mol. The summed E-state index contributed by atoms with van der Waals surface area (Å²) in [7, 11) is 0. The molecule has 0 nitrogen and oxygen atoms in total. The fourth-order valence-corrected chi connectivity index (χ4v) is 1.69. The topological polar surface area (TPSA) is 0 Å². The van der Waals surface area contributed by atoms with Crippen LogP contribution in [0.5, 0.6) is 0 Å². The Morgan fingerprint density at radius 1 is 1.07 bits per heavy atom. The first-order valence-corrected chi connectivity index (χ1v) is 5.91. The zero-order valence-electron chi connectivity index (χ0n) is 9.71. The maximum atomic E-state index is 3.69. The van der Waals surface area contributed by atoms with Crippen molar-refractivity contribution in [2.24, 2.45) is 0 Å². The lowest BCUT2D eigenvalue weighted by molar-refractivity contribution is 0.667. The van der Waals surface area contributed by atoms with Crippen molar-refractivity contribution in [1.29, 1.82) is 0 Å². The Balaban J connectivity index is 2.36. The van der Waals surface area contributed by atoms with E-state index in [2.05, 4.69) is 38.1 Å². The molecule has 0 bridgehead atoms. The van der Waals surface area contributed by atoms with Crippen LogP contribution in [0.3, 0.4) is 0 Å². The second-order valence-electron chi connectivity index (χ2n) is 3.95. The van der Waals surface area contributed by atoms with Crippen molar-refractivity contribution in [3.05, 3.63) is 48.4 Å². The Bertz CT molecular complexity index is 279. The fraction of sp³-hybridized carbons (Fsp3) is 0.400. The molecular formula is C15H21. The van der Waals surface area contributed by atoms with Gasteiger partial charge in [0.1, 0.15) is 0 Å². The molecule has 1 radical (unpaired) electrons. The Hall–Kier alpha value is -1.04. The quantitative estimate of drug-likeness (QED) is 0.587. The summed E-state index contributed by atoms with van der Waals surface area (Å²) in [6, 6.07) is 8.77. The van der Waals surface area contributed by atoms with Gasteiger partial charge in [0.15, 0.2) is 0 Å². The van der Waals surface area contributed by atoms with E-state index in [0.717, 1.165) is 0 Å². The van der Waals surface area contributed by atoms with E-state index in [0.29, 0.717) is 0 Å². The number of hydrogen-bond donors (Lipinski definition) is 0. The van der Waals surface area contributed by atoms with E-state index < -0.39 is 0 Å². The summed E-state index contributed by atoms with van der Waals surface area (Å²) >= 11 is 0. The van der Waals surface area contributed by atoms with Gasteiger partial charge in [-0.05, 0) is 30.9 Å². The molecule has 0 atom stereocenters. The van der Waals surface area contributed by atoms with Crippen LogP contribution in [-0.4, -0.2) is 0 Å². The van der Waals surface area contributed by atoms with E-state index in [1.54, 1.807) is 0 Å². The van der Waals surface area contributed by atoms with Crippen LogP contribution in [-0.2, 0) is 6.42 Å². The fourth-order valence-electron chi connectivity index (χ4n) is 1.69. The molecule has 0 aliphatic rings. The van der Waals surface area contributed by atoms with Crippen molar-refractivity contribution < 1.29 is 0 Å². The second kappa shape index (κ2) is 7.28. The van der Waals surface area contributed by atoms with Gasteiger partial charge in [-0.2, -0.15) is 0 Å². The molecule has 0 N–H and O–H groups in total. The minimum absolute atomic E-state index is 1.22. The van der Waals surface area contributed by atoms with Crippen LogP contribution in [0.15, 0.2) is 30.3 Å². The average molecular weight is 201 g/mol. The third-order valence-corrected chi connectivity index (χ3v) is 2.61. The van der Waals surface area contributed by atoms with E-state index in [1.807, 2.05) is 12.2 Å². The molecule has 0 aliphatic carbocycles. The van der Waals surface area contributed by atoms with Gasteiger partial charge in [-0.3, -0.25) is 0 Å². The van der Waals surface area contributed by atoms with Crippen molar-refractivity contribution >= 4 is 6.08 Å². The first-order valence-electron chi connectivity index (χ1n) is 5.91. The van der Waals surface area contributed by atoms with Gasteiger partial charge >= 0.3 is 0 Å². The number of aryl methyl sites for hydroxylation is 1. The Morgan fingerprint density at radius 2 is 1.80 bits per heavy atom. The first-order chi connectivity index (χ1) is 7.36. The van der Waals surface area contributed by atoms with Crippen LogP contribution in [0, 0.1) is 6.92 Å². The minimum Gasteiger partial charge on any atom is -0.0836 e. The number of allylic oxidation sites excluding steroid dienone is 1. The molecule has 1 rings (SSSR count). The van der Waals surface area contributed by atoms with Gasteiger partial charge in [0.05, 0.1) is 0 Å². The maximum absolute atomic E-state index is 3.69. The average Bonchev–Trinajstić information content (AvgIpc) is 2.27. The lowest BCUT2D eigenvalue weighted by Crippen LogP contribution is -1.85. The summed E-state index contributed by atoms with van der Waals surface area (Å²) in [5.74, 6) is 0. The van der Waals surface area contributed by atoms with E-state index in [9.17, 15) is 0 Å². The van der Waals surface area contributed by atoms with Crippen molar-refractivity contribution in [1.82, 2.24) is 0 Å². The van der Waals surface area contributed by atoms with Crippen LogP contribution in [0.4, 0.5) is 0 Å². The van der Waals surface area contributed by atoms with Crippen molar-refractivity contribution in [2.45, 2.75) is 39.0 Å². The Morgan fingerprint density at radius 3 is 2.40 bits per heavy atom. The van der Waals surface area contributed by atoms with Gasteiger partial charge in [0.25, 0.3) is 0 Å². The summed E-state index contributed by atoms with van der Waals surface area (Å²) in [5.41, 5.74) is 2.69. The molecule has 1 aromatic carbocycles. The SMILES string of the molecule is [CH2]C=Cc1ccc(CCCCCC)cc1. The third kappa shape index (κ3) is 4.83. The van der Waals surface area contributed by atoms with Gasteiger partial charge in [-0.15, -0.1) is 0 Å². The normalized spacial score (nSPS) is 11.1. The number of benzene rings is 1. The van der Waals surface area contributed by atoms with Crippen LogP contribution < -0.4 is 0 Å². The molecule has 0 unspecified atom stereocenters. The molecule has 0 heteroatoms. The second-order valence-corrected chi connectivity index (χ2v) is 3.95. The standard InChI is InChI=1S/C15H21/c1-3-5-6-7-9-15-12-10-14(8-4-2)11-13-15/h4,8,10-13H,2-3,5-7,9H2,1H3. The Labute approximate surface area is 94.0 Å². The molecule has 0 saturated heterocycles. The third-order valence-electron chi connectivity index (χ3n) is 2.61. The smallest absolute Gasteiger partial charge is 0.0260 e. The predicted octanol–water partition coefficient (Wildman–Crippen LogP) is 4.66. The number of unbranched alkanes of at least 4 members (excludes halogenated alkanes) is 3. The molecule has 81 valence electrons. The molecule has 0 spiro atoms. The maximum Gasteiger partial charge on any atom is -0.0260 e. The highest BCUT2D eigenvalue weighted by atomic mass is 14.0. The zero-order valence-corrected chi connectivity index (χ0v) is 9.71. The molecule has 0 aliphatic heterocycles. The molecular weight excluding hydrogens is 180 g/mol. The number of rotatable bonds is 6. The van der Waals surface area contributed by atoms with Crippen LogP contribution in [0.1, 0.15) is 43.7 Å². The summed E-state index contributed by atoms with van der Waals surface area (Å²) in [5, 5.41) is 0. The lowest BCUT2D eigenvalue weighted by Gasteiger charge is -2.01. The van der Waals surface area contributed by atoms with Crippen LogP contribution in [0.2, 0.25) is 0 Å². The summed E-state index contributed by atoms with van der Waals surface area (Å²) in [4.78, 5) is 0. The van der Waals surface area contributed by atoms with E-state index in [4.69, 9.17) is 0 Å². The highest BCUT2D eigenvalue weighted by molar-refractivity contribution is 5.49. The molecule has 0 amide bonds. The van der Waals surface area contributed by atoms with Crippen LogP contribution >= 0.6 is 0 Å². The molecule has 15 heavy (non-hydrogen) atoms. The first kappa shape index (κ1) is 12.0. The van der Waals surface area contributed by atoms with Crippen molar-refractivity contribution in [2.75, 3.05) is 0 Å². The van der Waals surface area contributed by atoms with E-state index in [-0.39, 0.29) is 0 Å². The Kier molecular flexibility index (Phi) is 5.84. The predicted molar refractivity (Wildman–Crippen MR) is 68.7 cm³/mol. The molecule has 0 heterocycles. The molecule has 0 saturated carbocycles. The highest BCUT2D eigenvalue weighted by Crippen LogP contribution is 2.10. The van der Waals surface area contributed by atoms with Gasteiger partial charge in [0.2, 0.25) is 0 Å². The van der Waals surface area contributed by atoms with Gasteiger partial charge < -0.3 is 0 Å².